The largest absolute Gasteiger partial charge is 0.480 e. The minimum atomic E-state index is -0.980. The second kappa shape index (κ2) is 4.57. The van der Waals surface area contributed by atoms with E-state index in [-0.39, 0.29) is 13.2 Å². The van der Waals surface area contributed by atoms with Crippen LogP contribution in [0.5, 0.6) is 0 Å². The second-order valence-electron chi connectivity index (χ2n) is 1.54. The number of aliphatic carboxylic acids is 1. The molecular weight excluding hydrogens is 138 g/mol. The number of carbonyl (C=O) groups is 2. The van der Waals surface area contributed by atoms with Gasteiger partial charge in [0.1, 0.15) is 0 Å². The van der Waals surface area contributed by atoms with Crippen molar-refractivity contribution in [3.05, 3.63) is 0 Å². The van der Waals surface area contributed by atoms with Gasteiger partial charge in [0.15, 0.2) is 0 Å². The number of carbonyl (C=O) groups excluding carboxylic acids is 1. The normalized spacial score (nSPS) is 8.80. The van der Waals surface area contributed by atoms with Crippen molar-refractivity contribution in [1.29, 1.82) is 0 Å². The van der Waals surface area contributed by atoms with E-state index in [0.29, 0.717) is 0 Å². The molecule has 6 nitrogen and oxygen atoms in total. The summed E-state index contributed by atoms with van der Waals surface area (Å²) in [5.41, 5.74) is 4.67. The molecule has 2 amide bonds. The number of nitrogens with one attached hydrogen (secondary N) is 2. The highest BCUT2D eigenvalue weighted by molar-refractivity contribution is 5.71. The van der Waals surface area contributed by atoms with Crippen molar-refractivity contribution in [1.82, 2.24) is 10.6 Å². The van der Waals surface area contributed by atoms with Crippen molar-refractivity contribution in [2.24, 2.45) is 5.73 Å². The zero-order valence-electron chi connectivity index (χ0n) is 5.26. The van der Waals surface area contributed by atoms with Crippen molar-refractivity contribution in [3.8, 4) is 0 Å². The number of urea groups is 1. The molecular formula is C4H9N3O3. The van der Waals surface area contributed by atoms with E-state index < -0.39 is 12.0 Å². The van der Waals surface area contributed by atoms with E-state index in [2.05, 4.69) is 16.4 Å². The third-order valence-corrected chi connectivity index (χ3v) is 0.664. The van der Waals surface area contributed by atoms with Crippen LogP contribution in [-0.4, -0.2) is 30.3 Å². The maximum absolute atomic E-state index is 9.97. The molecule has 58 valence electrons. The fourth-order valence-corrected chi connectivity index (χ4v) is 0.319. The molecule has 0 spiro atoms. The van der Waals surface area contributed by atoms with Crippen molar-refractivity contribution in [3.63, 3.8) is 0 Å². The molecule has 0 unspecified atom stereocenters. The Labute approximate surface area is 57.4 Å². The molecule has 0 radical (unpaired) electrons. The molecule has 0 aromatic carbocycles. The Balaban J connectivity index is 3.06. The Morgan fingerprint density at radius 2 is 2.10 bits per heavy atom. The molecule has 0 aliphatic rings. The van der Waals surface area contributed by atoms with Gasteiger partial charge in [-0.05, 0) is 0 Å². The minimum Gasteiger partial charge on any atom is -0.480 e. The highest BCUT2D eigenvalue weighted by Gasteiger charge is 1.94. The molecule has 5 N–H and O–H groups in total. The summed E-state index contributed by atoms with van der Waals surface area (Å²) in [6, 6.07) is -0.683. The van der Waals surface area contributed by atoms with Gasteiger partial charge in [0.05, 0.1) is 13.2 Å². The lowest BCUT2D eigenvalue weighted by molar-refractivity contribution is -0.135. The number of carboxylic acids is 1. The van der Waals surface area contributed by atoms with Crippen molar-refractivity contribution >= 4 is 12.0 Å². The van der Waals surface area contributed by atoms with Crippen LogP contribution in [-0.2, 0) is 4.79 Å². The molecule has 0 bridgehead atoms. The van der Waals surface area contributed by atoms with Crippen molar-refractivity contribution in [2.75, 3.05) is 13.2 Å². The van der Waals surface area contributed by atoms with Gasteiger partial charge in [0.2, 0.25) is 0 Å². The summed E-state index contributed by atoms with van der Waals surface area (Å²) in [4.78, 5) is 19.8. The van der Waals surface area contributed by atoms with E-state index in [1.54, 1.807) is 0 Å². The fourth-order valence-electron chi connectivity index (χ4n) is 0.319. The van der Waals surface area contributed by atoms with Gasteiger partial charge in [-0.3, -0.25) is 10.1 Å². The maximum Gasteiger partial charge on any atom is 0.317 e. The number of hydrogen-bond acceptors (Lipinski definition) is 3. The van der Waals surface area contributed by atoms with E-state index in [9.17, 15) is 9.59 Å². The van der Waals surface area contributed by atoms with E-state index in [1.165, 1.54) is 0 Å². The van der Waals surface area contributed by atoms with Crippen molar-refractivity contribution < 1.29 is 14.7 Å². The number of carboxylic acid groups (broad SMARTS) is 1. The van der Waals surface area contributed by atoms with Crippen LogP contribution in [0.3, 0.4) is 0 Å². The predicted octanol–water partition coefficient (Wildman–Crippen LogP) is -1.71. The lowest BCUT2D eigenvalue weighted by Gasteiger charge is -2.00. The van der Waals surface area contributed by atoms with Gasteiger partial charge in [-0.1, -0.05) is 0 Å². The molecule has 0 aliphatic heterocycles. The molecule has 0 fully saturated rings. The monoisotopic (exact) mass is 147 g/mol. The summed E-state index contributed by atoms with van der Waals surface area (Å²) in [7, 11) is 0. The molecule has 0 saturated carbocycles. The zero-order chi connectivity index (χ0) is 7.98. The molecule has 0 aromatic heterocycles. The van der Waals surface area contributed by atoms with Crippen LogP contribution >= 0.6 is 0 Å². The molecule has 10 heavy (non-hydrogen) atoms. The quantitative estimate of drug-likeness (QED) is 0.280. The van der Waals surface area contributed by atoms with Crippen LogP contribution in [0, 0.1) is 0 Å². The molecule has 0 heterocycles. The van der Waals surface area contributed by atoms with Crippen LogP contribution in [0.4, 0.5) is 4.79 Å². The third-order valence-electron chi connectivity index (χ3n) is 0.664. The van der Waals surface area contributed by atoms with E-state index in [4.69, 9.17) is 5.11 Å². The van der Waals surface area contributed by atoms with Gasteiger partial charge in [-0.2, -0.15) is 0 Å². The molecule has 6 heteroatoms. The molecule has 0 aromatic rings. The summed E-state index contributed by atoms with van der Waals surface area (Å²) in [5, 5.41) is 12.6. The van der Waals surface area contributed by atoms with Crippen LogP contribution in [0.25, 0.3) is 0 Å². The highest BCUT2D eigenvalue weighted by atomic mass is 16.4. The first kappa shape index (κ1) is 8.70. The SMILES string of the molecule is NC(=O)NCNCC(=O)O. The zero-order valence-corrected chi connectivity index (χ0v) is 5.26. The Hall–Kier alpha value is -1.30. The second-order valence-corrected chi connectivity index (χ2v) is 1.54. The number of primary amides is 1. The summed E-state index contributed by atoms with van der Waals surface area (Å²) < 4.78 is 0. The van der Waals surface area contributed by atoms with E-state index in [0.717, 1.165) is 0 Å². The van der Waals surface area contributed by atoms with Crippen LogP contribution in [0.1, 0.15) is 0 Å². The van der Waals surface area contributed by atoms with E-state index >= 15 is 0 Å². The Morgan fingerprint density at radius 3 is 2.50 bits per heavy atom. The first-order valence-electron chi connectivity index (χ1n) is 2.58. The smallest absolute Gasteiger partial charge is 0.317 e. The third kappa shape index (κ3) is 6.70. The topological polar surface area (TPSA) is 104 Å². The highest BCUT2D eigenvalue weighted by Crippen LogP contribution is 1.57. The minimum absolute atomic E-state index is 0.0711. The van der Waals surface area contributed by atoms with Crippen LogP contribution in [0.15, 0.2) is 0 Å². The Bertz CT molecular complexity index is 120. The van der Waals surface area contributed by atoms with Gasteiger partial charge in [-0.15, -0.1) is 0 Å². The van der Waals surface area contributed by atoms with Crippen LogP contribution < -0.4 is 16.4 Å². The number of nitrogens with two attached hydrogens (primary N) is 1. The summed E-state index contributed by atoms with van der Waals surface area (Å²) in [6.07, 6.45) is 0. The number of rotatable bonds is 4. The summed E-state index contributed by atoms with van der Waals surface area (Å²) in [5.74, 6) is -0.980. The van der Waals surface area contributed by atoms with E-state index in [1.807, 2.05) is 0 Å². The van der Waals surface area contributed by atoms with Gasteiger partial charge >= 0.3 is 12.0 Å². The van der Waals surface area contributed by atoms with Crippen molar-refractivity contribution in [2.45, 2.75) is 0 Å². The fraction of sp³-hybridized carbons (Fsp3) is 0.500. The number of amides is 2. The van der Waals surface area contributed by atoms with Crippen LogP contribution in [0.2, 0.25) is 0 Å². The summed E-state index contributed by atoms with van der Waals surface area (Å²) in [6.45, 7) is -0.123. The molecule has 0 aliphatic carbocycles. The number of hydrogen-bond donors (Lipinski definition) is 4. The average Bonchev–Trinajstić information content (AvgIpc) is 1.79. The lowest BCUT2D eigenvalue weighted by atomic mass is 10.6. The molecule has 0 atom stereocenters. The Kier molecular flexibility index (Phi) is 3.97. The van der Waals surface area contributed by atoms with Gasteiger partial charge < -0.3 is 16.2 Å². The molecule has 0 saturated heterocycles. The Morgan fingerprint density at radius 1 is 1.50 bits per heavy atom. The van der Waals surface area contributed by atoms with Gasteiger partial charge in [0, 0.05) is 0 Å². The van der Waals surface area contributed by atoms with Gasteiger partial charge in [-0.25, -0.2) is 4.79 Å². The summed E-state index contributed by atoms with van der Waals surface area (Å²) >= 11 is 0. The first-order chi connectivity index (χ1) is 4.63. The first-order valence-corrected chi connectivity index (χ1v) is 2.58. The average molecular weight is 147 g/mol. The predicted molar refractivity (Wildman–Crippen MR) is 33.2 cm³/mol. The molecule has 0 rings (SSSR count). The van der Waals surface area contributed by atoms with Gasteiger partial charge in [0.25, 0.3) is 0 Å². The standard InChI is InChI=1S/C4H9N3O3/c5-4(10)7-2-6-1-3(8)9/h6H,1-2H2,(H,8,9)(H3,5,7,10). The maximum atomic E-state index is 9.97. The lowest BCUT2D eigenvalue weighted by Crippen LogP contribution is -2.39.